The van der Waals surface area contributed by atoms with E-state index >= 15 is 0 Å². The smallest absolute Gasteiger partial charge is 0.307 e. The number of hydrogen-bond acceptors (Lipinski definition) is 4. The predicted molar refractivity (Wildman–Crippen MR) is 112 cm³/mol. The quantitative estimate of drug-likeness (QED) is 0.680. The summed E-state index contributed by atoms with van der Waals surface area (Å²) in [5, 5.41) is 11.1. The molecule has 0 atom stereocenters. The zero-order valence-electron chi connectivity index (χ0n) is 16.7. The summed E-state index contributed by atoms with van der Waals surface area (Å²) in [6, 6.07) is 9.25. The van der Waals surface area contributed by atoms with Crippen LogP contribution in [0.1, 0.15) is 48.3 Å². The van der Waals surface area contributed by atoms with E-state index in [-0.39, 0.29) is 5.69 Å². The number of carbonyl (C=O) groups is 2. The number of urea groups is 1. The number of aromatic nitrogens is 2. The number of benzene rings is 1. The zero-order chi connectivity index (χ0) is 20.6. The van der Waals surface area contributed by atoms with Crippen LogP contribution in [-0.4, -0.2) is 22.1 Å². The third-order valence-corrected chi connectivity index (χ3v) is 4.68. The molecule has 150 valence electrons. The van der Waals surface area contributed by atoms with E-state index in [9.17, 15) is 9.59 Å². The molecule has 0 saturated carbocycles. The largest absolute Gasteiger partial charge is 0.337 e. The van der Waals surface area contributed by atoms with Crippen molar-refractivity contribution in [3.8, 4) is 11.3 Å². The van der Waals surface area contributed by atoms with Gasteiger partial charge in [0.2, 0.25) is 0 Å². The van der Waals surface area contributed by atoms with Crippen LogP contribution in [0.5, 0.6) is 0 Å². The summed E-state index contributed by atoms with van der Waals surface area (Å²) >= 11 is 0. The number of rotatable bonds is 5. The van der Waals surface area contributed by atoms with Crippen molar-refractivity contribution in [3.05, 3.63) is 71.1 Å². The molecule has 0 unspecified atom stereocenters. The summed E-state index contributed by atoms with van der Waals surface area (Å²) in [6.07, 6.45) is 9.16. The lowest BCUT2D eigenvalue weighted by Crippen LogP contribution is -2.46. The number of aryl methyl sites for hydroxylation is 2. The number of nitrogens with zero attached hydrogens (tertiary/aromatic N) is 2. The second-order valence-electron chi connectivity index (χ2n) is 6.64. The van der Waals surface area contributed by atoms with Gasteiger partial charge in [-0.1, -0.05) is 50.3 Å². The third-order valence-electron chi connectivity index (χ3n) is 4.68. The average molecular weight is 391 g/mol. The van der Waals surface area contributed by atoms with Crippen LogP contribution in [-0.2, 0) is 12.8 Å². The maximum absolute atomic E-state index is 12.4. The first-order chi connectivity index (χ1) is 14.1. The fourth-order valence-electron chi connectivity index (χ4n) is 3.14. The summed E-state index contributed by atoms with van der Waals surface area (Å²) in [5.74, 6) is -0.522. The standard InChI is InChI=1S/C22H25N5O2/c1-3-15-10-8-9-13-18(15)20-16(4-2)14-19(24-25-20)21(28)26-27-22(29)23-17-11-6-5-7-12-17/h6,8-14H,3-5,7H2,1-2H3,(H,26,28)(H2,23,27,29). The van der Waals surface area contributed by atoms with Gasteiger partial charge in [-0.05, 0) is 49.0 Å². The van der Waals surface area contributed by atoms with Crippen molar-refractivity contribution >= 4 is 11.9 Å². The molecule has 3 amide bonds. The first-order valence-corrected chi connectivity index (χ1v) is 9.81. The maximum Gasteiger partial charge on any atom is 0.337 e. The van der Waals surface area contributed by atoms with Gasteiger partial charge in [0.1, 0.15) is 0 Å². The van der Waals surface area contributed by atoms with E-state index in [2.05, 4.69) is 39.4 Å². The molecule has 0 saturated heterocycles. The van der Waals surface area contributed by atoms with E-state index in [4.69, 9.17) is 0 Å². The number of hydrogen-bond donors (Lipinski definition) is 3. The molecule has 3 N–H and O–H groups in total. The molecule has 0 fully saturated rings. The molecule has 7 heteroatoms. The Hall–Kier alpha value is -3.48. The van der Waals surface area contributed by atoms with Crippen molar-refractivity contribution in [1.82, 2.24) is 26.4 Å². The van der Waals surface area contributed by atoms with Gasteiger partial charge in [-0.15, -0.1) is 10.2 Å². The number of nitrogens with one attached hydrogen (secondary N) is 3. The van der Waals surface area contributed by atoms with Crippen LogP contribution in [0.15, 0.2) is 54.3 Å². The molecule has 29 heavy (non-hydrogen) atoms. The molecule has 1 aromatic carbocycles. The molecule has 0 radical (unpaired) electrons. The molecule has 1 aromatic heterocycles. The summed E-state index contributed by atoms with van der Waals surface area (Å²) in [5.41, 5.74) is 9.47. The second-order valence-corrected chi connectivity index (χ2v) is 6.64. The van der Waals surface area contributed by atoms with Crippen molar-refractivity contribution < 1.29 is 9.59 Å². The van der Waals surface area contributed by atoms with Crippen LogP contribution in [0.4, 0.5) is 4.79 Å². The number of allylic oxidation sites excluding steroid dienone is 3. The summed E-state index contributed by atoms with van der Waals surface area (Å²) < 4.78 is 0. The molecule has 2 aromatic rings. The topological polar surface area (TPSA) is 96.0 Å². The van der Waals surface area contributed by atoms with Crippen LogP contribution < -0.4 is 16.2 Å². The second kappa shape index (κ2) is 9.64. The lowest BCUT2D eigenvalue weighted by Gasteiger charge is -2.13. The van der Waals surface area contributed by atoms with Gasteiger partial charge in [0.05, 0.1) is 5.69 Å². The Labute approximate surface area is 170 Å². The van der Waals surface area contributed by atoms with Gasteiger partial charge in [0.15, 0.2) is 5.69 Å². The van der Waals surface area contributed by atoms with E-state index < -0.39 is 11.9 Å². The Bertz CT molecular complexity index is 965. The first kappa shape index (κ1) is 20.3. The van der Waals surface area contributed by atoms with E-state index in [0.717, 1.165) is 36.1 Å². The third kappa shape index (κ3) is 5.07. The SMILES string of the molecule is CCc1ccccc1-c1nnc(C(=O)NNC(=O)NC2=CCCC=C2)cc1CC. The van der Waals surface area contributed by atoms with Crippen molar-refractivity contribution in [3.63, 3.8) is 0 Å². The molecule has 7 nitrogen and oxygen atoms in total. The van der Waals surface area contributed by atoms with Gasteiger partial charge < -0.3 is 5.32 Å². The van der Waals surface area contributed by atoms with E-state index in [1.165, 1.54) is 5.56 Å². The van der Waals surface area contributed by atoms with Crippen molar-refractivity contribution in [2.75, 3.05) is 0 Å². The summed E-state index contributed by atoms with van der Waals surface area (Å²) in [7, 11) is 0. The van der Waals surface area contributed by atoms with Gasteiger partial charge in [-0.2, -0.15) is 0 Å². The average Bonchev–Trinajstić information content (AvgIpc) is 2.77. The van der Waals surface area contributed by atoms with Crippen LogP contribution >= 0.6 is 0 Å². The highest BCUT2D eigenvalue weighted by Crippen LogP contribution is 2.25. The Kier molecular flexibility index (Phi) is 6.73. The van der Waals surface area contributed by atoms with Gasteiger partial charge in [-0.25, -0.2) is 10.2 Å². The Morgan fingerprint density at radius 3 is 2.52 bits per heavy atom. The van der Waals surface area contributed by atoms with E-state index in [0.29, 0.717) is 12.1 Å². The zero-order valence-corrected chi connectivity index (χ0v) is 16.7. The highest BCUT2D eigenvalue weighted by Gasteiger charge is 2.15. The van der Waals surface area contributed by atoms with Gasteiger partial charge in [-0.3, -0.25) is 10.2 Å². The van der Waals surface area contributed by atoms with Crippen molar-refractivity contribution in [2.24, 2.45) is 0 Å². The number of carbonyl (C=O) groups excluding carboxylic acids is 2. The fraction of sp³-hybridized carbons (Fsp3) is 0.273. The molecule has 3 rings (SSSR count). The first-order valence-electron chi connectivity index (χ1n) is 9.81. The molecule has 0 aliphatic heterocycles. The molecule has 1 heterocycles. The van der Waals surface area contributed by atoms with Crippen molar-refractivity contribution in [1.29, 1.82) is 0 Å². The fourth-order valence-corrected chi connectivity index (χ4v) is 3.14. The highest BCUT2D eigenvalue weighted by atomic mass is 16.2. The molecule has 1 aliphatic rings. The van der Waals surface area contributed by atoms with Crippen LogP contribution in [0.2, 0.25) is 0 Å². The molecule has 0 bridgehead atoms. The molecule has 0 spiro atoms. The normalized spacial score (nSPS) is 12.8. The van der Waals surface area contributed by atoms with E-state index in [1.54, 1.807) is 6.07 Å². The van der Waals surface area contributed by atoms with Crippen LogP contribution in [0, 0.1) is 0 Å². The van der Waals surface area contributed by atoms with Crippen LogP contribution in [0.3, 0.4) is 0 Å². The minimum atomic E-state index is -0.522. The van der Waals surface area contributed by atoms with Crippen molar-refractivity contribution in [2.45, 2.75) is 39.5 Å². The number of amides is 3. The maximum atomic E-state index is 12.4. The molecule has 1 aliphatic carbocycles. The van der Waals surface area contributed by atoms with E-state index in [1.807, 2.05) is 43.4 Å². The molecular weight excluding hydrogens is 366 g/mol. The van der Waals surface area contributed by atoms with Crippen LogP contribution in [0.25, 0.3) is 11.3 Å². The Balaban J connectivity index is 1.69. The minimum Gasteiger partial charge on any atom is -0.307 e. The lowest BCUT2D eigenvalue weighted by molar-refractivity contribution is 0.0930. The highest BCUT2D eigenvalue weighted by molar-refractivity contribution is 5.94. The predicted octanol–water partition coefficient (Wildman–Crippen LogP) is 3.45. The number of hydrazine groups is 1. The summed E-state index contributed by atoms with van der Waals surface area (Å²) in [6.45, 7) is 4.10. The summed E-state index contributed by atoms with van der Waals surface area (Å²) in [4.78, 5) is 24.3. The monoisotopic (exact) mass is 391 g/mol. The minimum absolute atomic E-state index is 0.150. The van der Waals surface area contributed by atoms with Gasteiger partial charge in [0, 0.05) is 11.3 Å². The van der Waals surface area contributed by atoms with Gasteiger partial charge in [0.25, 0.3) is 5.91 Å². The Morgan fingerprint density at radius 2 is 1.79 bits per heavy atom. The van der Waals surface area contributed by atoms with Gasteiger partial charge >= 0.3 is 6.03 Å². The lowest BCUT2D eigenvalue weighted by atomic mass is 9.98. The molecular formula is C22H25N5O2. The Morgan fingerprint density at radius 1 is 1.00 bits per heavy atom.